The minimum atomic E-state index is -0.321. The van der Waals surface area contributed by atoms with E-state index in [4.69, 9.17) is 5.73 Å². The van der Waals surface area contributed by atoms with Crippen molar-refractivity contribution < 1.29 is 4.79 Å². The molecular weight excluding hydrogens is 164 g/mol. The van der Waals surface area contributed by atoms with Gasteiger partial charge in [0.15, 0.2) is 0 Å². The van der Waals surface area contributed by atoms with Gasteiger partial charge in [0.1, 0.15) is 0 Å². The number of hydrogen-bond donors (Lipinski definition) is 1. The zero-order chi connectivity index (χ0) is 9.42. The van der Waals surface area contributed by atoms with Crippen LogP contribution in [0.4, 0.5) is 0 Å². The number of carbonyl (C=O) groups is 1. The molecule has 3 heteroatoms. The zero-order valence-electron chi connectivity index (χ0n) is 8.20. The van der Waals surface area contributed by atoms with Crippen molar-refractivity contribution in [3.05, 3.63) is 0 Å². The Morgan fingerprint density at radius 2 is 2.08 bits per heavy atom. The molecule has 1 aliphatic heterocycles. The third-order valence-electron chi connectivity index (χ3n) is 3.21. The van der Waals surface area contributed by atoms with Crippen molar-refractivity contribution in [2.24, 2.45) is 17.6 Å². The third-order valence-corrected chi connectivity index (χ3v) is 3.21. The molecule has 2 fully saturated rings. The van der Waals surface area contributed by atoms with Gasteiger partial charge in [-0.05, 0) is 38.0 Å². The molecule has 0 aromatic heterocycles. The van der Waals surface area contributed by atoms with Gasteiger partial charge in [-0.3, -0.25) is 4.79 Å². The molecule has 2 rings (SSSR count). The van der Waals surface area contributed by atoms with Gasteiger partial charge in [-0.25, -0.2) is 0 Å². The summed E-state index contributed by atoms with van der Waals surface area (Å²) in [5.74, 6) is 1.83. The SMILES string of the molecule is C[C@H](N)C(=O)N1CCC(C2CC2)C1. The minimum absolute atomic E-state index is 0.128. The van der Waals surface area contributed by atoms with Crippen LogP contribution in [0.25, 0.3) is 0 Å². The van der Waals surface area contributed by atoms with E-state index in [0.717, 1.165) is 24.9 Å². The minimum Gasteiger partial charge on any atom is -0.341 e. The van der Waals surface area contributed by atoms with E-state index < -0.39 is 0 Å². The van der Waals surface area contributed by atoms with E-state index in [1.54, 1.807) is 6.92 Å². The second-order valence-electron chi connectivity index (χ2n) is 4.46. The Morgan fingerprint density at radius 1 is 1.38 bits per heavy atom. The van der Waals surface area contributed by atoms with E-state index >= 15 is 0 Å². The average Bonchev–Trinajstić information content (AvgIpc) is 2.83. The number of amides is 1. The molecular formula is C10H18N2O. The fraction of sp³-hybridized carbons (Fsp3) is 0.900. The maximum absolute atomic E-state index is 11.5. The van der Waals surface area contributed by atoms with Crippen LogP contribution in [0.15, 0.2) is 0 Å². The molecule has 74 valence electrons. The summed E-state index contributed by atoms with van der Waals surface area (Å²) in [5, 5.41) is 0. The molecule has 2 aliphatic rings. The van der Waals surface area contributed by atoms with E-state index in [1.807, 2.05) is 4.90 Å². The van der Waals surface area contributed by atoms with Crippen LogP contribution in [0.5, 0.6) is 0 Å². The van der Waals surface area contributed by atoms with Crippen LogP contribution in [0.3, 0.4) is 0 Å². The predicted octanol–water partition coefficient (Wildman–Crippen LogP) is 0.592. The Morgan fingerprint density at radius 3 is 2.62 bits per heavy atom. The smallest absolute Gasteiger partial charge is 0.239 e. The summed E-state index contributed by atoms with van der Waals surface area (Å²) in [6.07, 6.45) is 3.96. The monoisotopic (exact) mass is 182 g/mol. The lowest BCUT2D eigenvalue weighted by Crippen LogP contribution is -2.40. The van der Waals surface area contributed by atoms with Crippen molar-refractivity contribution in [2.75, 3.05) is 13.1 Å². The molecule has 0 aromatic rings. The highest BCUT2D eigenvalue weighted by atomic mass is 16.2. The first-order valence-corrected chi connectivity index (χ1v) is 5.23. The average molecular weight is 182 g/mol. The third kappa shape index (κ3) is 1.85. The van der Waals surface area contributed by atoms with Gasteiger partial charge in [-0.2, -0.15) is 0 Å². The van der Waals surface area contributed by atoms with E-state index in [-0.39, 0.29) is 11.9 Å². The van der Waals surface area contributed by atoms with Crippen LogP contribution in [-0.4, -0.2) is 29.9 Å². The fourth-order valence-electron chi connectivity index (χ4n) is 2.23. The van der Waals surface area contributed by atoms with Gasteiger partial charge in [-0.15, -0.1) is 0 Å². The Labute approximate surface area is 79.3 Å². The largest absolute Gasteiger partial charge is 0.341 e. The highest BCUT2D eigenvalue weighted by Gasteiger charge is 2.37. The van der Waals surface area contributed by atoms with Gasteiger partial charge in [-0.1, -0.05) is 0 Å². The molecule has 0 bridgehead atoms. The molecule has 1 unspecified atom stereocenters. The second kappa shape index (κ2) is 3.29. The van der Waals surface area contributed by atoms with Crippen LogP contribution >= 0.6 is 0 Å². The van der Waals surface area contributed by atoms with Gasteiger partial charge in [0, 0.05) is 13.1 Å². The topological polar surface area (TPSA) is 46.3 Å². The molecule has 1 heterocycles. The second-order valence-corrected chi connectivity index (χ2v) is 4.46. The molecule has 1 amide bonds. The summed E-state index contributed by atoms with van der Waals surface area (Å²) in [5.41, 5.74) is 5.56. The first-order valence-electron chi connectivity index (χ1n) is 5.23. The summed E-state index contributed by atoms with van der Waals surface area (Å²) in [7, 11) is 0. The molecule has 3 nitrogen and oxygen atoms in total. The first-order chi connectivity index (χ1) is 6.18. The molecule has 0 aromatic carbocycles. The maximum Gasteiger partial charge on any atom is 0.239 e. The highest BCUT2D eigenvalue weighted by molar-refractivity contribution is 5.81. The molecule has 1 saturated heterocycles. The molecule has 2 N–H and O–H groups in total. The molecule has 1 saturated carbocycles. The highest BCUT2D eigenvalue weighted by Crippen LogP contribution is 2.41. The molecule has 0 spiro atoms. The van der Waals surface area contributed by atoms with Crippen LogP contribution in [0.1, 0.15) is 26.2 Å². The lowest BCUT2D eigenvalue weighted by molar-refractivity contribution is -0.131. The normalized spacial score (nSPS) is 30.6. The summed E-state index contributed by atoms with van der Waals surface area (Å²) in [6, 6.07) is -0.321. The van der Waals surface area contributed by atoms with Gasteiger partial charge >= 0.3 is 0 Å². The van der Waals surface area contributed by atoms with E-state index in [0.29, 0.717) is 0 Å². The summed E-state index contributed by atoms with van der Waals surface area (Å²) < 4.78 is 0. The van der Waals surface area contributed by atoms with Crippen molar-refractivity contribution in [3.63, 3.8) is 0 Å². The van der Waals surface area contributed by atoms with Crippen LogP contribution in [0, 0.1) is 11.8 Å². The number of nitrogens with two attached hydrogens (primary N) is 1. The number of nitrogens with zero attached hydrogens (tertiary/aromatic N) is 1. The number of likely N-dealkylation sites (tertiary alicyclic amines) is 1. The lowest BCUT2D eigenvalue weighted by Gasteiger charge is -2.18. The fourth-order valence-corrected chi connectivity index (χ4v) is 2.23. The van der Waals surface area contributed by atoms with Crippen LogP contribution in [-0.2, 0) is 4.79 Å². The summed E-state index contributed by atoms with van der Waals surface area (Å²) in [6.45, 7) is 3.67. The Bertz CT molecular complexity index is 211. The van der Waals surface area contributed by atoms with E-state index in [2.05, 4.69) is 0 Å². The predicted molar refractivity (Wildman–Crippen MR) is 51.1 cm³/mol. The first kappa shape index (κ1) is 9.00. The number of rotatable bonds is 2. The standard InChI is InChI=1S/C10H18N2O/c1-7(11)10(13)12-5-4-9(6-12)8-2-3-8/h7-9H,2-6,11H2,1H3/t7-,9?/m0/s1. The van der Waals surface area contributed by atoms with Gasteiger partial charge < -0.3 is 10.6 Å². The Kier molecular flexibility index (Phi) is 2.28. The molecule has 2 atom stereocenters. The lowest BCUT2D eigenvalue weighted by atomic mass is 10.0. The molecule has 0 radical (unpaired) electrons. The Balaban J connectivity index is 1.86. The molecule has 13 heavy (non-hydrogen) atoms. The van der Waals surface area contributed by atoms with Crippen molar-refractivity contribution in [1.29, 1.82) is 0 Å². The maximum atomic E-state index is 11.5. The van der Waals surface area contributed by atoms with E-state index in [9.17, 15) is 4.79 Å². The quantitative estimate of drug-likeness (QED) is 0.679. The number of carbonyl (C=O) groups excluding carboxylic acids is 1. The van der Waals surface area contributed by atoms with Gasteiger partial charge in [0.05, 0.1) is 6.04 Å². The Hall–Kier alpha value is -0.570. The van der Waals surface area contributed by atoms with Crippen molar-refractivity contribution in [3.8, 4) is 0 Å². The van der Waals surface area contributed by atoms with Crippen molar-refractivity contribution >= 4 is 5.91 Å². The zero-order valence-corrected chi connectivity index (χ0v) is 8.20. The van der Waals surface area contributed by atoms with Gasteiger partial charge in [0.2, 0.25) is 5.91 Å². The van der Waals surface area contributed by atoms with Crippen LogP contribution < -0.4 is 5.73 Å². The molecule has 1 aliphatic carbocycles. The summed E-state index contributed by atoms with van der Waals surface area (Å²) >= 11 is 0. The summed E-state index contributed by atoms with van der Waals surface area (Å²) in [4.78, 5) is 13.5. The van der Waals surface area contributed by atoms with Gasteiger partial charge in [0.25, 0.3) is 0 Å². The van der Waals surface area contributed by atoms with Crippen molar-refractivity contribution in [1.82, 2.24) is 4.90 Å². The van der Waals surface area contributed by atoms with E-state index in [1.165, 1.54) is 19.3 Å². The number of hydrogen-bond acceptors (Lipinski definition) is 2. The van der Waals surface area contributed by atoms with Crippen LogP contribution in [0.2, 0.25) is 0 Å². The van der Waals surface area contributed by atoms with Crippen molar-refractivity contribution in [2.45, 2.75) is 32.2 Å².